The summed E-state index contributed by atoms with van der Waals surface area (Å²) in [7, 11) is -4.61. The number of hydrogen-bond acceptors (Lipinski definition) is 11. The van der Waals surface area contributed by atoms with E-state index in [2.05, 4.69) is 62.5 Å². The van der Waals surface area contributed by atoms with Crippen molar-refractivity contribution in [3.8, 4) is 0 Å². The highest BCUT2D eigenvalue weighted by molar-refractivity contribution is 7.85. The molecule has 12 nitrogen and oxygen atoms in total. The average Bonchev–Trinajstić information content (AvgIpc) is 3.20. The fourth-order valence-corrected chi connectivity index (χ4v) is 7.00. The van der Waals surface area contributed by atoms with E-state index in [0.29, 0.717) is 19.3 Å². The van der Waals surface area contributed by atoms with Crippen molar-refractivity contribution in [1.29, 1.82) is 0 Å². The number of carbonyl (C=O) groups is 2. The number of unbranched alkanes of at least 4 members (excludes halogenated alkanes) is 14. The fraction of sp³-hybridized carbons (Fsp3) is 0.739. The Labute approximate surface area is 355 Å². The third kappa shape index (κ3) is 30.9. The lowest BCUT2D eigenvalue weighted by atomic mass is 10.00. The van der Waals surface area contributed by atoms with Crippen LogP contribution in [-0.2, 0) is 38.7 Å². The van der Waals surface area contributed by atoms with Crippen molar-refractivity contribution in [3.63, 3.8) is 0 Å². The summed E-state index contributed by atoms with van der Waals surface area (Å²) in [4.78, 5) is 25.4. The summed E-state index contributed by atoms with van der Waals surface area (Å²) in [6, 6.07) is 0. The molecule has 1 heterocycles. The van der Waals surface area contributed by atoms with Crippen LogP contribution in [0.2, 0.25) is 0 Å². The highest BCUT2D eigenvalue weighted by Gasteiger charge is 2.46. The predicted molar refractivity (Wildman–Crippen MR) is 233 cm³/mol. The normalized spacial score (nSPS) is 20.8. The maximum atomic E-state index is 12.8. The van der Waals surface area contributed by atoms with Gasteiger partial charge in [0, 0.05) is 12.8 Å². The molecule has 1 saturated heterocycles. The second-order valence-corrected chi connectivity index (χ2v) is 16.9. The molecule has 0 spiro atoms. The molecule has 6 atom stereocenters. The van der Waals surface area contributed by atoms with Crippen LogP contribution in [0.5, 0.6) is 0 Å². The number of aliphatic hydroxyl groups is 3. The van der Waals surface area contributed by atoms with Gasteiger partial charge in [0.15, 0.2) is 12.4 Å². The number of ether oxygens (including phenoxy) is 4. The van der Waals surface area contributed by atoms with Gasteiger partial charge < -0.3 is 34.3 Å². The van der Waals surface area contributed by atoms with Gasteiger partial charge in [0.2, 0.25) is 0 Å². The zero-order valence-corrected chi connectivity index (χ0v) is 36.9. The topological polar surface area (TPSA) is 186 Å². The van der Waals surface area contributed by atoms with Gasteiger partial charge in [0.25, 0.3) is 10.1 Å². The van der Waals surface area contributed by atoms with E-state index in [4.69, 9.17) is 18.9 Å². The standard InChI is InChI=1S/C46H78O12S/c1-3-5-7-9-11-13-15-17-19-20-21-23-24-26-28-30-32-34-41(47)55-36-39(37-56-46-45(51)44(50)43(49)40(58-46)38-59(52,53)54)57-42(48)35-33-31-29-27-25-22-18-16-14-12-10-8-6-4-2/h11,13,16-19,21,23,26,28,39-40,43-46,49-51H,3-10,12,14-15,20,22,24-25,27,29-38H2,1-2H3,(H,52,53,54)/b13-11+,18-16+,19-17+,23-21+,28-26+/t39-,40-,43-,44?,45?,46+/m1/s1. The number of carbonyl (C=O) groups excluding carboxylic acids is 2. The first-order valence-electron chi connectivity index (χ1n) is 22.3. The summed E-state index contributed by atoms with van der Waals surface area (Å²) < 4.78 is 54.0. The van der Waals surface area contributed by atoms with E-state index in [9.17, 15) is 37.9 Å². The molecule has 2 unspecified atom stereocenters. The van der Waals surface area contributed by atoms with Crippen molar-refractivity contribution in [3.05, 3.63) is 60.8 Å². The molecule has 0 radical (unpaired) electrons. The zero-order valence-electron chi connectivity index (χ0n) is 36.1. The number of rotatable bonds is 36. The Bertz CT molecular complexity index is 1320. The first kappa shape index (κ1) is 54.4. The minimum atomic E-state index is -4.61. The van der Waals surface area contributed by atoms with Gasteiger partial charge in [-0.25, -0.2) is 0 Å². The molecular formula is C46H78O12S. The molecule has 0 bridgehead atoms. The lowest BCUT2D eigenvalue weighted by Crippen LogP contribution is -2.60. The van der Waals surface area contributed by atoms with Crippen molar-refractivity contribution >= 4 is 22.1 Å². The zero-order chi connectivity index (χ0) is 43.4. The van der Waals surface area contributed by atoms with Crippen LogP contribution in [0.15, 0.2) is 60.8 Å². The van der Waals surface area contributed by atoms with Gasteiger partial charge in [-0.15, -0.1) is 0 Å². The molecule has 0 saturated carbocycles. The van der Waals surface area contributed by atoms with E-state index < -0.39 is 71.2 Å². The maximum absolute atomic E-state index is 12.8. The number of aliphatic hydroxyl groups excluding tert-OH is 3. The van der Waals surface area contributed by atoms with Crippen LogP contribution in [0.1, 0.15) is 162 Å². The van der Waals surface area contributed by atoms with Gasteiger partial charge in [0.1, 0.15) is 36.8 Å². The van der Waals surface area contributed by atoms with Gasteiger partial charge in [-0.1, -0.05) is 132 Å². The minimum absolute atomic E-state index is 0.139. The van der Waals surface area contributed by atoms with E-state index in [0.717, 1.165) is 64.2 Å². The van der Waals surface area contributed by atoms with E-state index in [1.165, 1.54) is 51.4 Å². The van der Waals surface area contributed by atoms with Crippen LogP contribution in [0.4, 0.5) is 0 Å². The van der Waals surface area contributed by atoms with Crippen molar-refractivity contribution < 1.29 is 56.8 Å². The highest BCUT2D eigenvalue weighted by atomic mass is 32.2. The molecule has 59 heavy (non-hydrogen) atoms. The molecule has 1 aliphatic heterocycles. The van der Waals surface area contributed by atoms with Crippen molar-refractivity contribution in [2.24, 2.45) is 0 Å². The highest BCUT2D eigenvalue weighted by Crippen LogP contribution is 2.24. The largest absolute Gasteiger partial charge is 0.462 e. The predicted octanol–water partition coefficient (Wildman–Crippen LogP) is 8.95. The number of allylic oxidation sites excluding steroid dienone is 10. The lowest BCUT2D eigenvalue weighted by molar-refractivity contribution is -0.297. The van der Waals surface area contributed by atoms with Crippen molar-refractivity contribution in [1.82, 2.24) is 0 Å². The molecule has 0 aliphatic carbocycles. The number of hydrogen-bond donors (Lipinski definition) is 4. The molecule has 1 aliphatic rings. The summed E-state index contributed by atoms with van der Waals surface area (Å²) in [6.45, 7) is 3.65. The SMILES string of the molecule is CCCCC/C=C/C/C=C/C/C=C/C/C=C/CCCC(=O)OC[C@H](CO[C@H]1O[C@H](CS(=O)(=O)O)[C@@H](O)C(O)C1O)OC(=O)CCCCCCC/C=C/CCCCCCC. The van der Waals surface area contributed by atoms with Crippen LogP contribution in [0.25, 0.3) is 0 Å². The van der Waals surface area contributed by atoms with E-state index in [-0.39, 0.29) is 19.4 Å². The molecule has 0 amide bonds. The Morgan fingerprint density at radius 3 is 1.61 bits per heavy atom. The van der Waals surface area contributed by atoms with Crippen molar-refractivity contribution in [2.75, 3.05) is 19.0 Å². The first-order chi connectivity index (χ1) is 28.5. The monoisotopic (exact) mass is 855 g/mol. The minimum Gasteiger partial charge on any atom is -0.462 e. The van der Waals surface area contributed by atoms with Gasteiger partial charge in [-0.3, -0.25) is 14.1 Å². The molecule has 1 rings (SSSR count). The van der Waals surface area contributed by atoms with E-state index in [1.807, 2.05) is 12.2 Å². The smallest absolute Gasteiger partial charge is 0.306 e. The molecule has 13 heteroatoms. The Morgan fingerprint density at radius 2 is 1.03 bits per heavy atom. The van der Waals surface area contributed by atoms with Crippen LogP contribution in [-0.4, -0.2) is 96.0 Å². The summed E-state index contributed by atoms with van der Waals surface area (Å²) >= 11 is 0. The Kier molecular flexibility index (Phi) is 33.2. The Hall–Kier alpha value is -2.65. The summed E-state index contributed by atoms with van der Waals surface area (Å²) in [6.07, 6.45) is 34.1. The molecule has 1 fully saturated rings. The number of esters is 2. The molecular weight excluding hydrogens is 777 g/mol. The Balaban J connectivity index is 2.51. The second-order valence-electron chi connectivity index (χ2n) is 15.4. The van der Waals surface area contributed by atoms with Crippen molar-refractivity contribution in [2.45, 2.75) is 198 Å². The van der Waals surface area contributed by atoms with Gasteiger partial charge in [-0.05, 0) is 77.0 Å². The van der Waals surface area contributed by atoms with E-state index in [1.54, 1.807) is 0 Å². The van der Waals surface area contributed by atoms with Crippen LogP contribution < -0.4 is 0 Å². The van der Waals surface area contributed by atoms with Gasteiger partial charge in [-0.2, -0.15) is 8.42 Å². The molecule has 340 valence electrons. The third-order valence-electron chi connectivity index (χ3n) is 9.82. The van der Waals surface area contributed by atoms with Crippen LogP contribution in [0, 0.1) is 0 Å². The summed E-state index contributed by atoms with van der Waals surface area (Å²) in [5.74, 6) is -2.07. The summed E-state index contributed by atoms with van der Waals surface area (Å²) in [5, 5.41) is 30.8. The molecule has 0 aromatic heterocycles. The third-order valence-corrected chi connectivity index (χ3v) is 10.6. The van der Waals surface area contributed by atoms with Crippen LogP contribution in [0.3, 0.4) is 0 Å². The molecule has 4 N–H and O–H groups in total. The van der Waals surface area contributed by atoms with Gasteiger partial charge in [0.05, 0.1) is 6.61 Å². The quantitative estimate of drug-likeness (QED) is 0.0203. The summed E-state index contributed by atoms with van der Waals surface area (Å²) in [5.41, 5.74) is 0. The maximum Gasteiger partial charge on any atom is 0.306 e. The first-order valence-corrected chi connectivity index (χ1v) is 24.0. The van der Waals surface area contributed by atoms with E-state index >= 15 is 0 Å². The lowest BCUT2D eigenvalue weighted by Gasteiger charge is -2.40. The van der Waals surface area contributed by atoms with Crippen LogP contribution >= 0.6 is 0 Å². The molecule has 0 aromatic carbocycles. The molecule has 0 aromatic rings. The average molecular weight is 855 g/mol. The fourth-order valence-electron chi connectivity index (χ4n) is 6.31. The van der Waals surface area contributed by atoms with Gasteiger partial charge >= 0.3 is 11.9 Å². The Morgan fingerprint density at radius 1 is 0.576 bits per heavy atom. The second kappa shape index (κ2) is 36.0.